The van der Waals surface area contributed by atoms with E-state index >= 15 is 0 Å². The molecule has 0 aliphatic carbocycles. The molecule has 2 aromatic rings. The minimum Gasteiger partial charge on any atom is -0.370 e. The molecule has 0 aliphatic rings. The third-order valence-electron chi connectivity index (χ3n) is 2.76. The highest BCUT2D eigenvalue weighted by atomic mass is 32.2. The van der Waals surface area contributed by atoms with Crippen molar-refractivity contribution in [3.8, 4) is 0 Å². The second kappa shape index (κ2) is 6.69. The maximum Gasteiger partial charge on any atom is 0.189 e. The number of nitrogens with zero attached hydrogens (tertiary/aromatic N) is 4. The van der Waals surface area contributed by atoms with Crippen LogP contribution in [0.4, 0.5) is 5.82 Å². The van der Waals surface area contributed by atoms with Crippen molar-refractivity contribution in [3.63, 3.8) is 0 Å². The molecule has 108 valence electrons. The van der Waals surface area contributed by atoms with Crippen LogP contribution in [0.15, 0.2) is 16.5 Å². The lowest BCUT2D eigenvalue weighted by Gasteiger charge is -2.14. The molecule has 0 aliphatic heterocycles. The molecule has 0 fully saturated rings. The zero-order valence-electron chi connectivity index (χ0n) is 12.3. The van der Waals surface area contributed by atoms with Crippen molar-refractivity contribution in [3.05, 3.63) is 17.7 Å². The Morgan fingerprint density at radius 3 is 2.75 bits per heavy atom. The first-order chi connectivity index (χ1) is 9.61. The van der Waals surface area contributed by atoms with Gasteiger partial charge in [-0.15, -0.1) is 0 Å². The summed E-state index contributed by atoms with van der Waals surface area (Å²) < 4.78 is 0. The summed E-state index contributed by atoms with van der Waals surface area (Å²) >= 11 is 1.48. The van der Waals surface area contributed by atoms with E-state index in [1.807, 2.05) is 6.92 Å². The first-order valence-electron chi connectivity index (χ1n) is 6.77. The van der Waals surface area contributed by atoms with Gasteiger partial charge in [0.15, 0.2) is 5.16 Å². The van der Waals surface area contributed by atoms with E-state index in [1.165, 1.54) is 18.1 Å². The number of nitrogens with one attached hydrogen (secondary N) is 2. The smallest absolute Gasteiger partial charge is 0.189 e. The number of anilines is 1. The first kappa shape index (κ1) is 14.8. The molecule has 0 amide bonds. The van der Waals surface area contributed by atoms with Gasteiger partial charge in [0.05, 0.1) is 0 Å². The monoisotopic (exact) mass is 292 g/mol. The average Bonchev–Trinajstić information content (AvgIpc) is 2.92. The van der Waals surface area contributed by atoms with Crippen molar-refractivity contribution >= 4 is 17.6 Å². The molecule has 0 saturated heterocycles. The normalized spacial score (nSPS) is 11.1. The lowest BCUT2D eigenvalue weighted by Crippen LogP contribution is -2.09. The minimum atomic E-state index is 0.284. The molecule has 0 aromatic carbocycles. The molecule has 0 spiro atoms. The van der Waals surface area contributed by atoms with E-state index in [-0.39, 0.29) is 5.92 Å². The summed E-state index contributed by atoms with van der Waals surface area (Å²) in [6.45, 7) is 9.26. The SMILES string of the molecule is CCCNc1nc(C(C)C)nc(Sc2ncn[nH]2)c1C. The Balaban J connectivity index is 2.35. The summed E-state index contributed by atoms with van der Waals surface area (Å²) in [5, 5.41) is 11.7. The lowest BCUT2D eigenvalue weighted by atomic mass is 10.2. The number of hydrogen-bond acceptors (Lipinski definition) is 6. The summed E-state index contributed by atoms with van der Waals surface area (Å²) in [6, 6.07) is 0. The summed E-state index contributed by atoms with van der Waals surface area (Å²) in [5.74, 6) is 2.04. The molecule has 2 N–H and O–H groups in total. The van der Waals surface area contributed by atoms with Crippen molar-refractivity contribution in [2.24, 2.45) is 0 Å². The summed E-state index contributed by atoms with van der Waals surface area (Å²) in [5.41, 5.74) is 1.05. The Bertz CT molecular complexity index is 552. The highest BCUT2D eigenvalue weighted by molar-refractivity contribution is 7.99. The van der Waals surface area contributed by atoms with Crippen LogP contribution in [0.1, 0.15) is 44.5 Å². The molecule has 0 atom stereocenters. The van der Waals surface area contributed by atoms with Crippen LogP contribution in [0.5, 0.6) is 0 Å². The van der Waals surface area contributed by atoms with Gasteiger partial charge < -0.3 is 5.32 Å². The third-order valence-corrected chi connectivity index (χ3v) is 3.74. The van der Waals surface area contributed by atoms with Crippen LogP contribution >= 0.6 is 11.8 Å². The van der Waals surface area contributed by atoms with Crippen molar-refractivity contribution in [2.45, 2.75) is 50.2 Å². The number of H-pyrrole nitrogens is 1. The zero-order valence-corrected chi connectivity index (χ0v) is 13.1. The van der Waals surface area contributed by atoms with Gasteiger partial charge in [-0.05, 0) is 25.1 Å². The predicted octanol–water partition coefficient (Wildman–Crippen LogP) is 3.00. The van der Waals surface area contributed by atoms with E-state index < -0.39 is 0 Å². The topological polar surface area (TPSA) is 79.4 Å². The highest BCUT2D eigenvalue weighted by Gasteiger charge is 2.14. The molecule has 20 heavy (non-hydrogen) atoms. The van der Waals surface area contributed by atoms with Gasteiger partial charge in [0.25, 0.3) is 0 Å². The second-order valence-corrected chi connectivity index (χ2v) is 5.81. The Morgan fingerprint density at radius 1 is 1.35 bits per heavy atom. The van der Waals surface area contributed by atoms with Gasteiger partial charge in [-0.2, -0.15) is 5.10 Å². The molecule has 0 saturated carbocycles. The average molecular weight is 292 g/mol. The van der Waals surface area contributed by atoms with E-state index in [0.29, 0.717) is 0 Å². The number of aromatic nitrogens is 5. The van der Waals surface area contributed by atoms with Crippen molar-refractivity contribution in [2.75, 3.05) is 11.9 Å². The molecule has 2 heterocycles. The van der Waals surface area contributed by atoms with Crippen LogP contribution in [0.2, 0.25) is 0 Å². The predicted molar refractivity (Wildman–Crippen MR) is 80.1 cm³/mol. The highest BCUT2D eigenvalue weighted by Crippen LogP contribution is 2.30. The second-order valence-electron chi connectivity index (χ2n) is 4.83. The van der Waals surface area contributed by atoms with E-state index in [1.54, 1.807) is 0 Å². The fourth-order valence-corrected chi connectivity index (χ4v) is 2.39. The lowest BCUT2D eigenvalue weighted by molar-refractivity contribution is 0.746. The van der Waals surface area contributed by atoms with Crippen LogP contribution in [0.3, 0.4) is 0 Å². The van der Waals surface area contributed by atoms with E-state index in [2.05, 4.69) is 51.2 Å². The molecular weight excluding hydrogens is 272 g/mol. The van der Waals surface area contributed by atoms with E-state index in [0.717, 1.165) is 40.4 Å². The summed E-state index contributed by atoms with van der Waals surface area (Å²) in [7, 11) is 0. The maximum atomic E-state index is 4.64. The van der Waals surface area contributed by atoms with Crippen LogP contribution in [0.25, 0.3) is 0 Å². The van der Waals surface area contributed by atoms with Gasteiger partial charge in [-0.1, -0.05) is 20.8 Å². The van der Waals surface area contributed by atoms with Crippen LogP contribution in [0, 0.1) is 6.92 Å². The molecular formula is C13H20N6S. The third kappa shape index (κ3) is 3.47. The molecule has 2 rings (SSSR count). The van der Waals surface area contributed by atoms with Crippen LogP contribution < -0.4 is 5.32 Å². The largest absolute Gasteiger partial charge is 0.370 e. The van der Waals surface area contributed by atoms with Gasteiger partial charge in [0.2, 0.25) is 0 Å². The fraction of sp³-hybridized carbons (Fsp3) is 0.538. The Morgan fingerprint density at radius 2 is 2.15 bits per heavy atom. The standard InChI is InChI=1S/C13H20N6S/c1-5-6-14-11-9(4)12(18-10(17-11)8(2)3)20-13-15-7-16-19-13/h7-8H,5-6H2,1-4H3,(H,14,17,18)(H,15,16,19). The molecule has 2 aromatic heterocycles. The minimum absolute atomic E-state index is 0.284. The first-order valence-corrected chi connectivity index (χ1v) is 7.59. The van der Waals surface area contributed by atoms with E-state index in [4.69, 9.17) is 0 Å². The number of aromatic amines is 1. The maximum absolute atomic E-state index is 4.64. The number of rotatable bonds is 6. The summed E-state index contributed by atoms with van der Waals surface area (Å²) in [4.78, 5) is 13.4. The zero-order chi connectivity index (χ0) is 14.5. The van der Waals surface area contributed by atoms with Gasteiger partial charge in [0.1, 0.15) is 23.0 Å². The van der Waals surface area contributed by atoms with Crippen LogP contribution in [-0.4, -0.2) is 31.7 Å². The van der Waals surface area contributed by atoms with Crippen molar-refractivity contribution in [1.82, 2.24) is 25.1 Å². The summed E-state index contributed by atoms with van der Waals surface area (Å²) in [6.07, 6.45) is 2.56. The Kier molecular flexibility index (Phi) is 4.94. The fourth-order valence-electron chi connectivity index (χ4n) is 1.62. The van der Waals surface area contributed by atoms with Gasteiger partial charge in [0, 0.05) is 18.0 Å². The number of hydrogen-bond donors (Lipinski definition) is 2. The van der Waals surface area contributed by atoms with Crippen LogP contribution in [-0.2, 0) is 0 Å². The quantitative estimate of drug-likeness (QED) is 0.797. The van der Waals surface area contributed by atoms with Gasteiger partial charge in [-0.3, -0.25) is 5.10 Å². The van der Waals surface area contributed by atoms with Crippen molar-refractivity contribution < 1.29 is 0 Å². The molecule has 0 unspecified atom stereocenters. The van der Waals surface area contributed by atoms with Crippen molar-refractivity contribution in [1.29, 1.82) is 0 Å². The molecule has 6 nitrogen and oxygen atoms in total. The van der Waals surface area contributed by atoms with E-state index in [9.17, 15) is 0 Å². The molecule has 7 heteroatoms. The van der Waals surface area contributed by atoms with Gasteiger partial charge >= 0.3 is 0 Å². The molecule has 0 radical (unpaired) electrons. The Hall–Kier alpha value is -1.63. The van der Waals surface area contributed by atoms with Gasteiger partial charge in [-0.25, -0.2) is 15.0 Å². The molecule has 0 bridgehead atoms. The Labute approximate surface area is 123 Å².